The van der Waals surface area contributed by atoms with Gasteiger partial charge in [0, 0.05) is 44.2 Å². The number of para-hydroxylation sites is 1. The Morgan fingerprint density at radius 1 is 1.10 bits per heavy atom. The number of ketones is 1. The Morgan fingerprint density at radius 3 is 2.25 bits per heavy atom. The minimum absolute atomic E-state index is 0.0845. The number of hydrogen-bond acceptors (Lipinski definition) is 3. The molecule has 2 rings (SSSR count). The summed E-state index contributed by atoms with van der Waals surface area (Å²) in [7, 11) is 0. The van der Waals surface area contributed by atoms with Crippen LogP contribution < -0.4 is 4.90 Å². The average molecular weight is 274 g/mol. The van der Waals surface area contributed by atoms with E-state index in [0.29, 0.717) is 6.42 Å². The van der Waals surface area contributed by atoms with Crippen LogP contribution in [-0.2, 0) is 9.59 Å². The van der Waals surface area contributed by atoms with Crippen LogP contribution in [0.15, 0.2) is 30.3 Å². The Hall–Kier alpha value is -1.84. The molecular formula is C16H22N2O2. The second-order valence-electron chi connectivity index (χ2n) is 5.42. The molecule has 1 aliphatic rings. The Morgan fingerprint density at radius 2 is 1.70 bits per heavy atom. The highest BCUT2D eigenvalue weighted by atomic mass is 16.2. The molecule has 4 nitrogen and oxygen atoms in total. The summed E-state index contributed by atoms with van der Waals surface area (Å²) in [6.45, 7) is 6.54. The first-order valence-electron chi connectivity index (χ1n) is 7.16. The number of nitrogens with zero attached hydrogens (tertiary/aromatic N) is 2. The summed E-state index contributed by atoms with van der Waals surface area (Å²) in [6.07, 6.45) is 0.334. The molecule has 1 unspecified atom stereocenters. The van der Waals surface area contributed by atoms with E-state index >= 15 is 0 Å². The lowest BCUT2D eigenvalue weighted by molar-refractivity contribution is -0.135. The minimum atomic E-state index is -0.172. The van der Waals surface area contributed by atoms with Crippen molar-refractivity contribution in [3.63, 3.8) is 0 Å². The molecule has 0 N–H and O–H groups in total. The molecular weight excluding hydrogens is 252 g/mol. The summed E-state index contributed by atoms with van der Waals surface area (Å²) in [5.74, 6) is 0.0105. The van der Waals surface area contributed by atoms with Crippen molar-refractivity contribution >= 4 is 17.4 Å². The molecule has 1 aromatic rings. The molecule has 1 amide bonds. The zero-order valence-electron chi connectivity index (χ0n) is 12.2. The van der Waals surface area contributed by atoms with E-state index in [-0.39, 0.29) is 17.6 Å². The number of amides is 1. The molecule has 0 spiro atoms. The predicted octanol–water partition coefficient (Wildman–Crippen LogP) is 1.95. The van der Waals surface area contributed by atoms with Gasteiger partial charge in [0.1, 0.15) is 5.78 Å². The molecule has 0 aromatic heterocycles. The van der Waals surface area contributed by atoms with Crippen LogP contribution in [0, 0.1) is 5.92 Å². The van der Waals surface area contributed by atoms with Gasteiger partial charge in [-0.1, -0.05) is 25.1 Å². The van der Waals surface area contributed by atoms with Crippen LogP contribution in [0.3, 0.4) is 0 Å². The monoisotopic (exact) mass is 274 g/mol. The Labute approximate surface area is 120 Å². The van der Waals surface area contributed by atoms with Crippen molar-refractivity contribution in [2.45, 2.75) is 20.3 Å². The SMILES string of the molecule is CC(=O)C(C)CC(=O)N1CCN(c2ccccc2)CC1. The van der Waals surface area contributed by atoms with Crippen LogP contribution in [0.2, 0.25) is 0 Å². The summed E-state index contributed by atoms with van der Waals surface area (Å²) in [4.78, 5) is 27.5. The standard InChI is InChI=1S/C16H22N2O2/c1-13(14(2)19)12-16(20)18-10-8-17(9-11-18)15-6-4-3-5-7-15/h3-7,13H,8-12H2,1-2H3. The van der Waals surface area contributed by atoms with E-state index in [1.54, 1.807) is 6.92 Å². The van der Waals surface area contributed by atoms with Crippen molar-refractivity contribution in [2.24, 2.45) is 5.92 Å². The van der Waals surface area contributed by atoms with Gasteiger partial charge in [-0.3, -0.25) is 9.59 Å². The molecule has 20 heavy (non-hydrogen) atoms. The van der Waals surface area contributed by atoms with Crippen molar-refractivity contribution in [1.29, 1.82) is 0 Å². The van der Waals surface area contributed by atoms with Gasteiger partial charge >= 0.3 is 0 Å². The van der Waals surface area contributed by atoms with E-state index in [9.17, 15) is 9.59 Å². The maximum Gasteiger partial charge on any atom is 0.223 e. The van der Waals surface area contributed by atoms with E-state index in [1.807, 2.05) is 30.0 Å². The number of carbonyl (C=O) groups is 2. The lowest BCUT2D eigenvalue weighted by atomic mass is 10.0. The molecule has 1 fully saturated rings. The van der Waals surface area contributed by atoms with Crippen molar-refractivity contribution in [3.05, 3.63) is 30.3 Å². The number of Topliss-reactive ketones (excluding diaryl/α,β-unsaturated/α-hetero) is 1. The van der Waals surface area contributed by atoms with E-state index < -0.39 is 0 Å². The van der Waals surface area contributed by atoms with Gasteiger partial charge in [-0.25, -0.2) is 0 Å². The normalized spacial score (nSPS) is 16.9. The molecule has 1 atom stereocenters. The molecule has 0 radical (unpaired) electrons. The fourth-order valence-electron chi connectivity index (χ4n) is 2.39. The lowest BCUT2D eigenvalue weighted by Crippen LogP contribution is -2.49. The van der Waals surface area contributed by atoms with Crippen LogP contribution in [0.25, 0.3) is 0 Å². The van der Waals surface area contributed by atoms with Gasteiger partial charge in [-0.15, -0.1) is 0 Å². The zero-order valence-corrected chi connectivity index (χ0v) is 12.2. The van der Waals surface area contributed by atoms with Gasteiger partial charge in [0.05, 0.1) is 0 Å². The van der Waals surface area contributed by atoms with Crippen LogP contribution in [0.5, 0.6) is 0 Å². The largest absolute Gasteiger partial charge is 0.368 e. The van der Waals surface area contributed by atoms with Crippen molar-refractivity contribution in [1.82, 2.24) is 4.90 Å². The van der Waals surface area contributed by atoms with E-state index in [0.717, 1.165) is 26.2 Å². The highest BCUT2D eigenvalue weighted by Gasteiger charge is 2.23. The van der Waals surface area contributed by atoms with Crippen molar-refractivity contribution in [2.75, 3.05) is 31.1 Å². The third kappa shape index (κ3) is 3.59. The molecule has 0 aliphatic carbocycles. The Balaban J connectivity index is 1.85. The number of carbonyl (C=O) groups excluding carboxylic acids is 2. The highest BCUT2D eigenvalue weighted by molar-refractivity contribution is 5.85. The van der Waals surface area contributed by atoms with E-state index in [4.69, 9.17) is 0 Å². The number of benzene rings is 1. The Bertz CT molecular complexity index is 465. The number of anilines is 1. The van der Waals surface area contributed by atoms with E-state index in [2.05, 4.69) is 17.0 Å². The minimum Gasteiger partial charge on any atom is -0.368 e. The van der Waals surface area contributed by atoms with Crippen LogP contribution >= 0.6 is 0 Å². The van der Waals surface area contributed by atoms with Crippen LogP contribution in [0.4, 0.5) is 5.69 Å². The first-order valence-corrected chi connectivity index (χ1v) is 7.16. The maximum absolute atomic E-state index is 12.1. The first-order chi connectivity index (χ1) is 9.58. The van der Waals surface area contributed by atoms with Gasteiger partial charge in [-0.2, -0.15) is 0 Å². The number of piperazine rings is 1. The number of rotatable bonds is 4. The van der Waals surface area contributed by atoms with Crippen LogP contribution in [0.1, 0.15) is 20.3 Å². The fourth-order valence-corrected chi connectivity index (χ4v) is 2.39. The van der Waals surface area contributed by atoms with Gasteiger partial charge in [0.25, 0.3) is 0 Å². The van der Waals surface area contributed by atoms with Gasteiger partial charge in [0.15, 0.2) is 0 Å². The average Bonchev–Trinajstić information content (AvgIpc) is 2.48. The lowest BCUT2D eigenvalue weighted by Gasteiger charge is -2.36. The third-order valence-electron chi connectivity index (χ3n) is 3.93. The molecule has 1 aromatic carbocycles. The third-order valence-corrected chi connectivity index (χ3v) is 3.93. The molecule has 1 aliphatic heterocycles. The summed E-state index contributed by atoms with van der Waals surface area (Å²) in [6, 6.07) is 10.2. The smallest absolute Gasteiger partial charge is 0.223 e. The maximum atomic E-state index is 12.1. The van der Waals surface area contributed by atoms with E-state index in [1.165, 1.54) is 5.69 Å². The Kier molecular flexibility index (Phi) is 4.77. The fraction of sp³-hybridized carbons (Fsp3) is 0.500. The summed E-state index contributed by atoms with van der Waals surface area (Å²) >= 11 is 0. The zero-order chi connectivity index (χ0) is 14.5. The number of hydrogen-bond donors (Lipinski definition) is 0. The summed E-state index contributed by atoms with van der Waals surface area (Å²) < 4.78 is 0. The predicted molar refractivity (Wildman–Crippen MR) is 79.7 cm³/mol. The molecule has 1 saturated heterocycles. The van der Waals surface area contributed by atoms with Gasteiger partial charge < -0.3 is 9.80 Å². The van der Waals surface area contributed by atoms with Gasteiger partial charge in [-0.05, 0) is 19.1 Å². The van der Waals surface area contributed by atoms with Crippen molar-refractivity contribution in [3.8, 4) is 0 Å². The van der Waals surface area contributed by atoms with Crippen molar-refractivity contribution < 1.29 is 9.59 Å². The molecule has 1 heterocycles. The molecule has 108 valence electrons. The van der Waals surface area contributed by atoms with Gasteiger partial charge in [0.2, 0.25) is 5.91 Å². The first kappa shape index (κ1) is 14.6. The summed E-state index contributed by atoms with van der Waals surface area (Å²) in [5.41, 5.74) is 1.21. The second-order valence-corrected chi connectivity index (χ2v) is 5.42. The molecule has 0 bridgehead atoms. The second kappa shape index (κ2) is 6.55. The summed E-state index contributed by atoms with van der Waals surface area (Å²) in [5, 5.41) is 0. The highest BCUT2D eigenvalue weighted by Crippen LogP contribution is 2.16. The quantitative estimate of drug-likeness (QED) is 0.842. The molecule has 0 saturated carbocycles. The van der Waals surface area contributed by atoms with Crippen LogP contribution in [-0.4, -0.2) is 42.8 Å². The topological polar surface area (TPSA) is 40.6 Å². The molecule has 4 heteroatoms.